The molecule has 1 aromatic heterocycles. The summed E-state index contributed by atoms with van der Waals surface area (Å²) in [4.78, 5) is 38.2. The first-order valence-corrected chi connectivity index (χ1v) is 31.2. The fourth-order valence-electron chi connectivity index (χ4n) is 10.0. The number of sulfonamides is 1. The topological polar surface area (TPSA) is 211 Å². The van der Waals surface area contributed by atoms with E-state index in [2.05, 4.69) is 24.7 Å². The predicted octanol–water partition coefficient (Wildman–Crippen LogP) is 10.5. The number of anilines is 4. The highest BCUT2D eigenvalue weighted by Gasteiger charge is 2.30. The van der Waals surface area contributed by atoms with Gasteiger partial charge in [-0.3, -0.25) is 9.25 Å². The summed E-state index contributed by atoms with van der Waals surface area (Å²) in [5.74, 6) is -1.000. The van der Waals surface area contributed by atoms with Crippen molar-refractivity contribution in [3.8, 4) is 22.4 Å². The van der Waals surface area contributed by atoms with Gasteiger partial charge in [0.2, 0.25) is 0 Å². The number of nitrogens with zero attached hydrogens (tertiary/aromatic N) is 4. The number of thioether (sulfide) groups is 1. The summed E-state index contributed by atoms with van der Waals surface area (Å²) in [6.07, 6.45) is 3.10. The Balaban J connectivity index is 0.932. The summed E-state index contributed by atoms with van der Waals surface area (Å²) in [5.41, 5.74) is 4.93. The van der Waals surface area contributed by atoms with Crippen LogP contribution in [0, 0.1) is 18.7 Å². The highest BCUT2D eigenvalue weighted by molar-refractivity contribution is 7.99. The number of aromatic carboxylic acids is 1. The maximum Gasteiger partial charge on any atom is 0.469 e. The van der Waals surface area contributed by atoms with E-state index in [1.807, 2.05) is 66.9 Å². The third-order valence-corrected chi connectivity index (χ3v) is 18.2. The molecule has 0 saturated carbocycles. The van der Waals surface area contributed by atoms with Gasteiger partial charge < -0.3 is 39.5 Å². The minimum absolute atomic E-state index is 0.00766. The van der Waals surface area contributed by atoms with Gasteiger partial charge in [-0.2, -0.15) is 0 Å². The minimum Gasteiger partial charge on any atom is -0.478 e. The number of hydrogen-bond donors (Lipinski definition) is 5. The molecule has 22 heteroatoms. The highest BCUT2D eigenvalue weighted by atomic mass is 35.5. The molecule has 6 aromatic rings. The number of carboxylic acids is 1. The van der Waals surface area contributed by atoms with Crippen LogP contribution in [0.5, 0.6) is 0 Å². The van der Waals surface area contributed by atoms with Crippen LogP contribution in [0.25, 0.3) is 22.4 Å². The third kappa shape index (κ3) is 14.2. The SMILES string of the molecule is Cc1c(C(=O)O)c(-c2cc(F)cc(N3CCN(c4ccc(NS(=O)(=O)c5ccc(N[C@H](CCN6CCC(COP(=O)(O)O)CC6)CSc6ccccc6)c(S(C)(=O)=O)c5)cc4)CC3)c2)c(-c2ccc(Cl)cc2)n1C(C)C. The number of nitrogens with one attached hydrogen (secondary N) is 2. The standard InChI is InChI=1S/C54H63ClFN6O10PS3/c1-36(2)62-37(3)51(54(63)64)52(53(62)39-10-12-41(55)13-11-39)40-30-42(56)32-46(31-40)61-28-26-60(27-29-61)45-16-14-43(15-17-45)58-76(70,71)48-18-19-49(50(33-48)75(4,68)69)57-44(35-74-47-8-6-5-7-9-47)22-25-59-23-20-38(21-24-59)34-72-73(65,66)67/h5-19,30-33,36,38,44,57-58H,20-29,34-35H2,1-4H3,(H,63,64)(H2,65,66,67)/t44-/m1/s1. The van der Waals surface area contributed by atoms with Crippen LogP contribution in [-0.4, -0.2) is 118 Å². The van der Waals surface area contributed by atoms with E-state index >= 15 is 4.39 Å². The van der Waals surface area contributed by atoms with Crippen LogP contribution in [-0.2, 0) is 28.9 Å². The smallest absolute Gasteiger partial charge is 0.469 e. The maximum atomic E-state index is 15.7. The van der Waals surface area contributed by atoms with Gasteiger partial charge in [-0.05, 0) is 155 Å². The molecule has 0 amide bonds. The lowest BCUT2D eigenvalue weighted by Gasteiger charge is -2.37. The molecule has 16 nitrogen and oxygen atoms in total. The Morgan fingerprint density at radius 3 is 2.09 bits per heavy atom. The lowest BCUT2D eigenvalue weighted by Crippen LogP contribution is -2.46. The van der Waals surface area contributed by atoms with Gasteiger partial charge in [0.15, 0.2) is 9.84 Å². The Bertz CT molecular complexity index is 3300. The molecule has 3 heterocycles. The van der Waals surface area contributed by atoms with E-state index < -0.39 is 39.5 Å². The quantitative estimate of drug-likeness (QED) is 0.0335. The first kappa shape index (κ1) is 56.8. The molecule has 0 radical (unpaired) electrons. The fraction of sp³-hybridized carbons (Fsp3) is 0.352. The zero-order valence-corrected chi connectivity index (χ0v) is 46.7. The van der Waals surface area contributed by atoms with Crippen molar-refractivity contribution in [1.82, 2.24) is 9.47 Å². The molecule has 8 rings (SSSR count). The summed E-state index contributed by atoms with van der Waals surface area (Å²) < 4.78 is 90.7. The molecule has 0 bridgehead atoms. The number of phosphoric acid groups is 1. The van der Waals surface area contributed by atoms with Gasteiger partial charge in [0.25, 0.3) is 10.0 Å². The van der Waals surface area contributed by atoms with Gasteiger partial charge in [0.05, 0.1) is 33.3 Å². The molecule has 5 aromatic carbocycles. The Morgan fingerprint density at radius 2 is 1.49 bits per heavy atom. The van der Waals surface area contributed by atoms with Crippen LogP contribution in [0.2, 0.25) is 5.02 Å². The number of piperidine rings is 1. The monoisotopic (exact) mass is 1140 g/mol. The van der Waals surface area contributed by atoms with E-state index in [1.165, 1.54) is 30.3 Å². The number of rotatable bonds is 21. The van der Waals surface area contributed by atoms with Crippen molar-refractivity contribution < 1.29 is 50.0 Å². The number of benzene rings is 5. The van der Waals surface area contributed by atoms with Gasteiger partial charge in [-0.25, -0.2) is 30.6 Å². The van der Waals surface area contributed by atoms with Gasteiger partial charge in [-0.1, -0.05) is 41.9 Å². The molecule has 76 heavy (non-hydrogen) atoms. The van der Waals surface area contributed by atoms with Crippen molar-refractivity contribution in [2.75, 3.05) is 84.3 Å². The predicted molar refractivity (Wildman–Crippen MR) is 300 cm³/mol. The van der Waals surface area contributed by atoms with Crippen molar-refractivity contribution in [3.05, 3.63) is 137 Å². The molecule has 0 unspecified atom stereocenters. The molecular formula is C54H63ClFN6O10PS3. The Morgan fingerprint density at radius 1 is 0.842 bits per heavy atom. The minimum atomic E-state index is -4.54. The number of sulfone groups is 1. The van der Waals surface area contributed by atoms with Crippen LogP contribution in [0.15, 0.2) is 130 Å². The summed E-state index contributed by atoms with van der Waals surface area (Å²) in [6, 6.07) is 32.2. The van der Waals surface area contributed by atoms with E-state index in [0.29, 0.717) is 104 Å². The van der Waals surface area contributed by atoms with Gasteiger partial charge in [0, 0.05) is 95.1 Å². The number of likely N-dealkylation sites (tertiary alicyclic amines) is 1. The summed E-state index contributed by atoms with van der Waals surface area (Å²) in [6.45, 7) is 9.94. The van der Waals surface area contributed by atoms with Crippen LogP contribution < -0.4 is 19.8 Å². The molecule has 0 spiro atoms. The number of aromatic nitrogens is 1. The second-order valence-electron chi connectivity index (χ2n) is 19.5. The van der Waals surface area contributed by atoms with Crippen molar-refractivity contribution >= 4 is 79.8 Å². The molecule has 2 saturated heterocycles. The molecule has 1 atom stereocenters. The first-order valence-electron chi connectivity index (χ1n) is 24.9. The first-order chi connectivity index (χ1) is 36.0. The van der Waals surface area contributed by atoms with E-state index in [9.17, 15) is 31.3 Å². The third-order valence-electron chi connectivity index (χ3n) is 13.8. The second kappa shape index (κ2) is 24.1. The number of piperazine rings is 1. The van der Waals surface area contributed by atoms with Gasteiger partial charge in [-0.15, -0.1) is 11.8 Å². The zero-order valence-electron chi connectivity index (χ0n) is 42.6. The summed E-state index contributed by atoms with van der Waals surface area (Å²) in [7, 11) is -12.7. The highest BCUT2D eigenvalue weighted by Crippen LogP contribution is 2.43. The molecule has 2 fully saturated rings. The number of hydrogen-bond acceptors (Lipinski definition) is 12. The maximum absolute atomic E-state index is 15.7. The van der Waals surface area contributed by atoms with Crippen LogP contribution in [0.4, 0.5) is 27.1 Å². The number of carbonyl (C=O) groups is 1. The van der Waals surface area contributed by atoms with Crippen molar-refractivity contribution in [1.29, 1.82) is 0 Å². The summed E-state index contributed by atoms with van der Waals surface area (Å²) >= 11 is 7.86. The van der Waals surface area contributed by atoms with Crippen LogP contribution in [0.1, 0.15) is 55.2 Å². The largest absolute Gasteiger partial charge is 0.478 e. The number of halogens is 2. The molecule has 2 aliphatic rings. The Labute approximate surface area is 453 Å². The molecule has 2 aliphatic heterocycles. The van der Waals surface area contributed by atoms with Gasteiger partial charge >= 0.3 is 13.8 Å². The van der Waals surface area contributed by atoms with Crippen molar-refractivity contribution in [2.24, 2.45) is 5.92 Å². The second-order valence-corrected chi connectivity index (χ2v) is 26.0. The molecule has 406 valence electrons. The van der Waals surface area contributed by atoms with E-state index in [4.69, 9.17) is 25.9 Å². The molecular weight excluding hydrogens is 1070 g/mol. The van der Waals surface area contributed by atoms with Gasteiger partial charge in [0.1, 0.15) is 5.82 Å². The van der Waals surface area contributed by atoms with Crippen molar-refractivity contribution in [2.45, 2.75) is 66.8 Å². The van der Waals surface area contributed by atoms with Crippen LogP contribution >= 0.6 is 31.2 Å². The number of carboxylic acid groups (broad SMARTS) is 1. The lowest BCUT2D eigenvalue weighted by molar-refractivity contribution is 0.0696. The van der Waals surface area contributed by atoms with Crippen LogP contribution in [0.3, 0.4) is 0 Å². The molecule has 0 aliphatic carbocycles. The average molecular weight is 1140 g/mol. The fourth-order valence-corrected chi connectivity index (χ4v) is 13.6. The zero-order chi connectivity index (χ0) is 54.5. The van der Waals surface area contributed by atoms with Crippen molar-refractivity contribution in [3.63, 3.8) is 0 Å². The molecule has 5 N–H and O–H groups in total. The van der Waals surface area contributed by atoms with E-state index in [0.717, 1.165) is 22.4 Å². The lowest BCUT2D eigenvalue weighted by atomic mass is 9.96. The normalized spacial score (nSPS) is 15.5. The van der Waals surface area contributed by atoms with E-state index in [1.54, 1.807) is 55.1 Å². The average Bonchev–Trinajstić information content (AvgIpc) is 3.75. The Hall–Kier alpha value is -5.41. The number of phosphoric ester groups is 1. The summed E-state index contributed by atoms with van der Waals surface area (Å²) in [5, 5.41) is 14.5. The van der Waals surface area contributed by atoms with E-state index in [-0.39, 0.29) is 51.3 Å². The Kier molecular flexibility index (Phi) is 18.0.